The van der Waals surface area contributed by atoms with Crippen molar-refractivity contribution in [1.82, 2.24) is 10.2 Å². The SMILES string of the molecule is CN1CCCC1CNCc1cccc(Br)c1.Cl. The van der Waals surface area contributed by atoms with Gasteiger partial charge in [0, 0.05) is 23.6 Å². The maximum absolute atomic E-state index is 3.54. The number of halogens is 2. The van der Waals surface area contributed by atoms with Crippen molar-refractivity contribution in [2.24, 2.45) is 0 Å². The Kier molecular flexibility index (Phi) is 6.49. The summed E-state index contributed by atoms with van der Waals surface area (Å²) in [6, 6.07) is 9.21. The van der Waals surface area contributed by atoms with E-state index in [2.05, 4.69) is 57.5 Å². The summed E-state index contributed by atoms with van der Waals surface area (Å²) in [6.45, 7) is 3.32. The van der Waals surface area contributed by atoms with E-state index in [1.54, 1.807) is 0 Å². The Morgan fingerprint density at radius 1 is 1.47 bits per heavy atom. The molecule has 96 valence electrons. The van der Waals surface area contributed by atoms with Crippen LogP contribution in [0.15, 0.2) is 28.7 Å². The predicted molar refractivity (Wildman–Crippen MR) is 78.7 cm³/mol. The molecular formula is C13H20BrClN2. The van der Waals surface area contributed by atoms with Crippen molar-refractivity contribution in [2.45, 2.75) is 25.4 Å². The molecule has 1 heterocycles. The summed E-state index contributed by atoms with van der Waals surface area (Å²) in [4.78, 5) is 2.45. The molecule has 0 aliphatic carbocycles. The van der Waals surface area contributed by atoms with Crippen LogP contribution in [-0.4, -0.2) is 31.1 Å². The van der Waals surface area contributed by atoms with Gasteiger partial charge in [-0.15, -0.1) is 12.4 Å². The molecule has 0 aromatic heterocycles. The molecule has 1 aromatic rings. The zero-order chi connectivity index (χ0) is 11.4. The lowest BCUT2D eigenvalue weighted by Crippen LogP contribution is -2.35. The Bertz CT molecular complexity index is 346. The minimum absolute atomic E-state index is 0. The molecule has 2 rings (SSSR count). The Morgan fingerprint density at radius 3 is 2.94 bits per heavy atom. The third kappa shape index (κ3) is 4.59. The molecule has 1 unspecified atom stereocenters. The van der Waals surface area contributed by atoms with Crippen molar-refractivity contribution in [3.05, 3.63) is 34.3 Å². The molecule has 1 aromatic carbocycles. The summed E-state index contributed by atoms with van der Waals surface area (Å²) >= 11 is 3.49. The van der Waals surface area contributed by atoms with Gasteiger partial charge in [0.1, 0.15) is 0 Å². The summed E-state index contributed by atoms with van der Waals surface area (Å²) in [5.41, 5.74) is 1.34. The fourth-order valence-corrected chi connectivity index (χ4v) is 2.71. The van der Waals surface area contributed by atoms with E-state index < -0.39 is 0 Å². The lowest BCUT2D eigenvalue weighted by atomic mass is 10.2. The van der Waals surface area contributed by atoms with Crippen molar-refractivity contribution in [2.75, 3.05) is 20.1 Å². The van der Waals surface area contributed by atoms with E-state index in [-0.39, 0.29) is 12.4 Å². The second kappa shape index (κ2) is 7.37. The van der Waals surface area contributed by atoms with Gasteiger partial charge in [0.05, 0.1) is 0 Å². The molecular weight excluding hydrogens is 300 g/mol. The molecule has 1 aliphatic rings. The maximum Gasteiger partial charge on any atom is 0.0218 e. The fourth-order valence-electron chi connectivity index (χ4n) is 2.27. The summed E-state index contributed by atoms with van der Waals surface area (Å²) in [5.74, 6) is 0. The zero-order valence-corrected chi connectivity index (χ0v) is 12.6. The highest BCUT2D eigenvalue weighted by Gasteiger charge is 2.19. The first-order chi connectivity index (χ1) is 7.75. The average Bonchev–Trinajstić information content (AvgIpc) is 2.65. The minimum atomic E-state index is 0. The first-order valence-electron chi connectivity index (χ1n) is 5.91. The third-order valence-corrected chi connectivity index (χ3v) is 3.76. The quantitative estimate of drug-likeness (QED) is 0.917. The van der Waals surface area contributed by atoms with Gasteiger partial charge in [-0.05, 0) is 44.1 Å². The molecule has 4 heteroatoms. The van der Waals surface area contributed by atoms with Crippen molar-refractivity contribution in [3.63, 3.8) is 0 Å². The third-order valence-electron chi connectivity index (χ3n) is 3.27. The van der Waals surface area contributed by atoms with Gasteiger partial charge >= 0.3 is 0 Å². The Labute approximate surface area is 118 Å². The van der Waals surface area contributed by atoms with Crippen molar-refractivity contribution < 1.29 is 0 Å². The summed E-state index contributed by atoms with van der Waals surface area (Å²) in [7, 11) is 2.22. The Balaban J connectivity index is 0.00000144. The van der Waals surface area contributed by atoms with E-state index in [1.807, 2.05) is 0 Å². The van der Waals surface area contributed by atoms with Crippen LogP contribution in [0.25, 0.3) is 0 Å². The van der Waals surface area contributed by atoms with E-state index in [4.69, 9.17) is 0 Å². The molecule has 0 saturated carbocycles. The summed E-state index contributed by atoms with van der Waals surface area (Å²) in [6.07, 6.45) is 2.68. The van der Waals surface area contributed by atoms with Crippen LogP contribution in [0.1, 0.15) is 18.4 Å². The minimum Gasteiger partial charge on any atom is -0.311 e. The van der Waals surface area contributed by atoms with Crippen LogP contribution >= 0.6 is 28.3 Å². The highest BCUT2D eigenvalue weighted by Crippen LogP contribution is 2.14. The van der Waals surface area contributed by atoms with E-state index in [0.717, 1.165) is 23.6 Å². The lowest BCUT2D eigenvalue weighted by Gasteiger charge is -2.19. The van der Waals surface area contributed by atoms with Crippen LogP contribution in [0.2, 0.25) is 0 Å². The van der Waals surface area contributed by atoms with Gasteiger partial charge in [0.2, 0.25) is 0 Å². The fraction of sp³-hybridized carbons (Fsp3) is 0.538. The number of likely N-dealkylation sites (N-methyl/N-ethyl adjacent to an activating group) is 1. The molecule has 0 radical (unpaired) electrons. The Morgan fingerprint density at radius 2 is 2.29 bits per heavy atom. The number of hydrogen-bond donors (Lipinski definition) is 1. The van der Waals surface area contributed by atoms with Gasteiger partial charge in [0.25, 0.3) is 0 Å². The smallest absolute Gasteiger partial charge is 0.0218 e. The first-order valence-corrected chi connectivity index (χ1v) is 6.70. The predicted octanol–water partition coefficient (Wildman–Crippen LogP) is 3.05. The van der Waals surface area contributed by atoms with Crippen LogP contribution in [-0.2, 0) is 6.54 Å². The second-order valence-electron chi connectivity index (χ2n) is 4.54. The number of rotatable bonds is 4. The number of likely N-dealkylation sites (tertiary alicyclic amines) is 1. The highest BCUT2D eigenvalue weighted by molar-refractivity contribution is 9.10. The van der Waals surface area contributed by atoms with Crippen LogP contribution < -0.4 is 5.32 Å². The molecule has 0 spiro atoms. The van der Waals surface area contributed by atoms with Crippen LogP contribution in [0, 0.1) is 0 Å². The number of benzene rings is 1. The largest absolute Gasteiger partial charge is 0.311 e. The van der Waals surface area contributed by atoms with Gasteiger partial charge in [-0.2, -0.15) is 0 Å². The molecule has 17 heavy (non-hydrogen) atoms. The molecule has 0 bridgehead atoms. The number of nitrogens with zero attached hydrogens (tertiary/aromatic N) is 1. The molecule has 2 nitrogen and oxygen atoms in total. The van der Waals surface area contributed by atoms with E-state index in [9.17, 15) is 0 Å². The molecule has 1 fully saturated rings. The zero-order valence-electron chi connectivity index (χ0n) is 10.2. The molecule has 1 aliphatic heterocycles. The van der Waals surface area contributed by atoms with E-state index in [1.165, 1.54) is 24.9 Å². The van der Waals surface area contributed by atoms with Gasteiger partial charge < -0.3 is 10.2 Å². The van der Waals surface area contributed by atoms with E-state index >= 15 is 0 Å². The summed E-state index contributed by atoms with van der Waals surface area (Å²) in [5, 5.41) is 3.54. The molecule has 0 amide bonds. The maximum atomic E-state index is 3.54. The summed E-state index contributed by atoms with van der Waals surface area (Å²) < 4.78 is 1.16. The van der Waals surface area contributed by atoms with Gasteiger partial charge in [-0.25, -0.2) is 0 Å². The van der Waals surface area contributed by atoms with Gasteiger partial charge in [-0.3, -0.25) is 0 Å². The first kappa shape index (κ1) is 15.0. The average molecular weight is 320 g/mol. The van der Waals surface area contributed by atoms with Gasteiger partial charge in [0.15, 0.2) is 0 Å². The van der Waals surface area contributed by atoms with Crippen molar-refractivity contribution in [3.8, 4) is 0 Å². The molecule has 1 saturated heterocycles. The van der Waals surface area contributed by atoms with Crippen LogP contribution in [0.5, 0.6) is 0 Å². The molecule has 1 N–H and O–H groups in total. The van der Waals surface area contributed by atoms with Crippen molar-refractivity contribution >= 4 is 28.3 Å². The lowest BCUT2D eigenvalue weighted by molar-refractivity contribution is 0.300. The van der Waals surface area contributed by atoms with Crippen LogP contribution in [0.4, 0.5) is 0 Å². The monoisotopic (exact) mass is 318 g/mol. The van der Waals surface area contributed by atoms with Gasteiger partial charge in [-0.1, -0.05) is 28.1 Å². The highest BCUT2D eigenvalue weighted by atomic mass is 79.9. The normalized spacial score (nSPS) is 20.2. The standard InChI is InChI=1S/C13H19BrN2.ClH/c1-16-7-3-6-13(16)10-15-9-11-4-2-5-12(14)8-11;/h2,4-5,8,13,15H,3,6-7,9-10H2,1H3;1H. The number of nitrogens with one attached hydrogen (secondary N) is 1. The second-order valence-corrected chi connectivity index (χ2v) is 5.45. The number of hydrogen-bond acceptors (Lipinski definition) is 2. The Hall–Kier alpha value is -0.0900. The molecule has 1 atom stereocenters. The van der Waals surface area contributed by atoms with E-state index in [0.29, 0.717) is 0 Å². The van der Waals surface area contributed by atoms with Crippen molar-refractivity contribution in [1.29, 1.82) is 0 Å². The van der Waals surface area contributed by atoms with Crippen LogP contribution in [0.3, 0.4) is 0 Å². The topological polar surface area (TPSA) is 15.3 Å².